The first-order valence-electron chi connectivity index (χ1n) is 4.60. The van der Waals surface area contributed by atoms with Crippen molar-refractivity contribution < 1.29 is 0 Å². The summed E-state index contributed by atoms with van der Waals surface area (Å²) in [7, 11) is 0. The topological polar surface area (TPSA) is 0 Å². The van der Waals surface area contributed by atoms with E-state index >= 15 is 0 Å². The number of hydrogen-bond donors (Lipinski definition) is 0. The molecule has 0 aliphatic rings. The minimum absolute atomic E-state index is 0.629. The average Bonchev–Trinajstić information content (AvgIpc) is 1.99. The molecule has 0 aromatic rings. The second kappa shape index (κ2) is 5.82. The SMILES string of the molecule is C=C(/C=C/C(C)=C/C(C)C)CC. The Kier molecular flexibility index (Phi) is 5.44. The lowest BCUT2D eigenvalue weighted by Crippen LogP contribution is -1.80. The van der Waals surface area contributed by atoms with Crippen molar-refractivity contribution in [2.45, 2.75) is 34.1 Å². The first-order chi connectivity index (χ1) is 5.56. The molecule has 0 aromatic heterocycles. The van der Waals surface area contributed by atoms with Crippen molar-refractivity contribution in [2.24, 2.45) is 5.92 Å². The summed E-state index contributed by atoms with van der Waals surface area (Å²) in [6.45, 7) is 12.5. The van der Waals surface area contributed by atoms with Crippen molar-refractivity contribution in [1.82, 2.24) is 0 Å². The van der Waals surface area contributed by atoms with E-state index in [0.717, 1.165) is 6.42 Å². The molecule has 0 saturated carbocycles. The maximum atomic E-state index is 3.91. The maximum absolute atomic E-state index is 3.91. The smallest absolute Gasteiger partial charge is 0.0285 e. The standard InChI is InChI=1S/C12H20/c1-6-11(4)7-8-12(5)9-10(2)3/h7-10H,4,6H2,1-3,5H3/b8-7+,12-9+. The highest BCUT2D eigenvalue weighted by Gasteiger charge is 1.87. The predicted molar refractivity (Wildman–Crippen MR) is 57.2 cm³/mol. The highest BCUT2D eigenvalue weighted by Crippen LogP contribution is 2.05. The van der Waals surface area contributed by atoms with Crippen LogP contribution in [0.5, 0.6) is 0 Å². The molecule has 0 rings (SSSR count). The summed E-state index contributed by atoms with van der Waals surface area (Å²) < 4.78 is 0. The van der Waals surface area contributed by atoms with Crippen LogP contribution in [0.1, 0.15) is 34.1 Å². The van der Waals surface area contributed by atoms with E-state index in [1.807, 2.05) is 0 Å². The van der Waals surface area contributed by atoms with Crippen molar-refractivity contribution in [1.29, 1.82) is 0 Å². The molecule has 0 N–H and O–H groups in total. The zero-order chi connectivity index (χ0) is 9.56. The molecule has 0 spiro atoms. The van der Waals surface area contributed by atoms with Crippen LogP contribution >= 0.6 is 0 Å². The first-order valence-corrected chi connectivity index (χ1v) is 4.60. The van der Waals surface area contributed by atoms with Gasteiger partial charge in [-0.25, -0.2) is 0 Å². The fourth-order valence-corrected chi connectivity index (χ4v) is 0.948. The summed E-state index contributed by atoms with van der Waals surface area (Å²) in [5, 5.41) is 0. The summed E-state index contributed by atoms with van der Waals surface area (Å²) in [6, 6.07) is 0. The molecular weight excluding hydrogens is 144 g/mol. The van der Waals surface area contributed by atoms with Gasteiger partial charge in [0.1, 0.15) is 0 Å². The van der Waals surface area contributed by atoms with E-state index in [0.29, 0.717) is 5.92 Å². The predicted octanol–water partition coefficient (Wildman–Crippen LogP) is 4.11. The highest BCUT2D eigenvalue weighted by atomic mass is 13.9. The molecule has 0 radical (unpaired) electrons. The number of hydrogen-bond acceptors (Lipinski definition) is 0. The van der Waals surface area contributed by atoms with Crippen LogP contribution in [0.25, 0.3) is 0 Å². The van der Waals surface area contributed by atoms with Crippen molar-refractivity contribution in [3.05, 3.63) is 36.0 Å². The minimum Gasteiger partial charge on any atom is -0.0958 e. The third kappa shape index (κ3) is 5.96. The summed E-state index contributed by atoms with van der Waals surface area (Å²) in [4.78, 5) is 0. The normalized spacial score (nSPS) is 12.9. The maximum Gasteiger partial charge on any atom is -0.0285 e. The average molecular weight is 164 g/mol. The Morgan fingerprint density at radius 1 is 1.33 bits per heavy atom. The third-order valence-corrected chi connectivity index (χ3v) is 1.63. The van der Waals surface area contributed by atoms with E-state index < -0.39 is 0 Å². The van der Waals surface area contributed by atoms with Gasteiger partial charge in [-0.1, -0.05) is 56.7 Å². The lowest BCUT2D eigenvalue weighted by atomic mass is 10.1. The molecule has 0 nitrogen and oxygen atoms in total. The van der Waals surface area contributed by atoms with Crippen LogP contribution in [0.3, 0.4) is 0 Å². The molecule has 0 fully saturated rings. The molecule has 68 valence electrons. The van der Waals surface area contributed by atoms with Gasteiger partial charge in [-0.3, -0.25) is 0 Å². The fourth-order valence-electron chi connectivity index (χ4n) is 0.948. The van der Waals surface area contributed by atoms with E-state index in [2.05, 4.69) is 52.5 Å². The van der Waals surface area contributed by atoms with Gasteiger partial charge >= 0.3 is 0 Å². The van der Waals surface area contributed by atoms with Crippen LogP contribution in [0.2, 0.25) is 0 Å². The van der Waals surface area contributed by atoms with Crippen LogP contribution in [0, 0.1) is 5.92 Å². The Morgan fingerprint density at radius 2 is 1.92 bits per heavy atom. The Balaban J connectivity index is 4.07. The molecule has 0 aliphatic carbocycles. The number of allylic oxidation sites excluding steroid dienone is 5. The molecule has 0 unspecified atom stereocenters. The van der Waals surface area contributed by atoms with Gasteiger partial charge in [0.05, 0.1) is 0 Å². The van der Waals surface area contributed by atoms with E-state index in [1.165, 1.54) is 11.1 Å². The second-order valence-electron chi connectivity index (χ2n) is 3.50. The van der Waals surface area contributed by atoms with Crippen LogP contribution in [-0.4, -0.2) is 0 Å². The van der Waals surface area contributed by atoms with Gasteiger partial charge in [-0.05, 0) is 19.3 Å². The summed E-state index contributed by atoms with van der Waals surface area (Å²) in [6.07, 6.45) is 7.50. The summed E-state index contributed by atoms with van der Waals surface area (Å²) >= 11 is 0. The third-order valence-electron chi connectivity index (χ3n) is 1.63. The second-order valence-corrected chi connectivity index (χ2v) is 3.50. The van der Waals surface area contributed by atoms with Gasteiger partial charge in [-0.2, -0.15) is 0 Å². The number of rotatable bonds is 4. The Labute approximate surface area is 76.7 Å². The highest BCUT2D eigenvalue weighted by molar-refractivity contribution is 5.24. The van der Waals surface area contributed by atoms with Gasteiger partial charge in [-0.15, -0.1) is 0 Å². The Hall–Kier alpha value is -0.780. The molecule has 0 amide bonds. The zero-order valence-corrected chi connectivity index (χ0v) is 8.72. The van der Waals surface area contributed by atoms with Crippen LogP contribution in [0.4, 0.5) is 0 Å². The monoisotopic (exact) mass is 164 g/mol. The van der Waals surface area contributed by atoms with Gasteiger partial charge < -0.3 is 0 Å². The van der Waals surface area contributed by atoms with E-state index in [4.69, 9.17) is 0 Å². The van der Waals surface area contributed by atoms with Gasteiger partial charge in [0.2, 0.25) is 0 Å². The minimum atomic E-state index is 0.629. The Morgan fingerprint density at radius 3 is 2.33 bits per heavy atom. The van der Waals surface area contributed by atoms with Crippen molar-refractivity contribution >= 4 is 0 Å². The van der Waals surface area contributed by atoms with Gasteiger partial charge in [0, 0.05) is 0 Å². The summed E-state index contributed by atoms with van der Waals surface area (Å²) in [5.41, 5.74) is 2.51. The van der Waals surface area contributed by atoms with Gasteiger partial charge in [0.15, 0.2) is 0 Å². The molecule has 0 heterocycles. The molecule has 12 heavy (non-hydrogen) atoms. The molecule has 0 bridgehead atoms. The van der Waals surface area contributed by atoms with Crippen LogP contribution < -0.4 is 0 Å². The van der Waals surface area contributed by atoms with Crippen LogP contribution in [-0.2, 0) is 0 Å². The van der Waals surface area contributed by atoms with E-state index in [9.17, 15) is 0 Å². The summed E-state index contributed by atoms with van der Waals surface area (Å²) in [5.74, 6) is 0.629. The van der Waals surface area contributed by atoms with Crippen molar-refractivity contribution in [2.75, 3.05) is 0 Å². The molecular formula is C12H20. The zero-order valence-electron chi connectivity index (χ0n) is 8.72. The first kappa shape index (κ1) is 11.2. The van der Waals surface area contributed by atoms with Gasteiger partial charge in [0.25, 0.3) is 0 Å². The molecule has 0 atom stereocenters. The van der Waals surface area contributed by atoms with Crippen molar-refractivity contribution in [3.8, 4) is 0 Å². The Bertz CT molecular complexity index is 192. The molecule has 0 aromatic carbocycles. The molecule has 0 heteroatoms. The van der Waals surface area contributed by atoms with E-state index in [1.54, 1.807) is 0 Å². The quantitative estimate of drug-likeness (QED) is 0.548. The lowest BCUT2D eigenvalue weighted by Gasteiger charge is -1.97. The fraction of sp³-hybridized carbons (Fsp3) is 0.500. The van der Waals surface area contributed by atoms with Crippen molar-refractivity contribution in [3.63, 3.8) is 0 Å². The van der Waals surface area contributed by atoms with Crippen LogP contribution in [0.15, 0.2) is 36.0 Å². The largest absolute Gasteiger partial charge is 0.0958 e. The lowest BCUT2D eigenvalue weighted by molar-refractivity contribution is 0.825. The van der Waals surface area contributed by atoms with E-state index in [-0.39, 0.29) is 0 Å². The molecule has 0 saturated heterocycles. The molecule has 0 aliphatic heterocycles.